The van der Waals surface area contributed by atoms with Crippen LogP contribution in [0.2, 0.25) is 0 Å². The van der Waals surface area contributed by atoms with Crippen LogP contribution in [0.3, 0.4) is 0 Å². The number of para-hydroxylation sites is 1. The van der Waals surface area contributed by atoms with Crippen molar-refractivity contribution in [3.05, 3.63) is 53.7 Å². The number of thioether (sulfide) groups is 1. The highest BCUT2D eigenvalue weighted by molar-refractivity contribution is 8.00. The fourth-order valence-corrected chi connectivity index (χ4v) is 3.98. The maximum Gasteiger partial charge on any atom is 0.233 e. The summed E-state index contributed by atoms with van der Waals surface area (Å²) in [4.78, 5) is 23.8. The molecule has 0 saturated heterocycles. The first-order valence-corrected chi connectivity index (χ1v) is 9.79. The predicted octanol–water partition coefficient (Wildman–Crippen LogP) is 4.12. The van der Waals surface area contributed by atoms with E-state index in [1.54, 1.807) is 0 Å². The Kier molecular flexibility index (Phi) is 4.68. The zero-order valence-electron chi connectivity index (χ0n) is 14.9. The fraction of sp³-hybridized carbons (Fsp3) is 0.350. The molecule has 1 aliphatic rings. The largest absolute Gasteiger partial charge is 0.464 e. The van der Waals surface area contributed by atoms with Gasteiger partial charge in [0.25, 0.3) is 0 Å². The molecule has 0 atom stereocenters. The molecule has 6 heteroatoms. The summed E-state index contributed by atoms with van der Waals surface area (Å²) in [7, 11) is 0. The number of fused-ring (bicyclic) bond motifs is 1. The van der Waals surface area contributed by atoms with E-state index in [2.05, 4.69) is 9.97 Å². The molecule has 1 aromatic carbocycles. The first-order chi connectivity index (χ1) is 12.6. The van der Waals surface area contributed by atoms with Crippen molar-refractivity contribution in [1.29, 1.82) is 0 Å². The molecule has 1 fully saturated rings. The first-order valence-electron chi connectivity index (χ1n) is 8.81. The standard InChI is InChI=1S/C20H21N3O2S/c1-13-7-10-16(25-13)11-23(15-8-9-15)19(24)12-26-20-17-5-3-4-6-18(17)21-14(2)22-20/h3-7,10,15H,8-9,11-12H2,1-2H3. The van der Waals surface area contributed by atoms with E-state index in [1.807, 2.05) is 55.1 Å². The third-order valence-corrected chi connectivity index (χ3v) is 5.42. The van der Waals surface area contributed by atoms with Gasteiger partial charge in [0.05, 0.1) is 17.8 Å². The Hall–Kier alpha value is -2.34. The Labute approximate surface area is 156 Å². The molecule has 0 bridgehead atoms. The number of hydrogen-bond acceptors (Lipinski definition) is 5. The number of benzene rings is 1. The fourth-order valence-electron chi connectivity index (χ4n) is 3.03. The number of carbonyl (C=O) groups is 1. The van der Waals surface area contributed by atoms with Crippen molar-refractivity contribution < 1.29 is 9.21 Å². The van der Waals surface area contributed by atoms with Crippen molar-refractivity contribution in [2.24, 2.45) is 0 Å². The third kappa shape index (κ3) is 3.75. The zero-order valence-corrected chi connectivity index (χ0v) is 15.8. The van der Waals surface area contributed by atoms with Gasteiger partial charge >= 0.3 is 0 Å². The summed E-state index contributed by atoms with van der Waals surface area (Å²) in [5.74, 6) is 2.95. The lowest BCUT2D eigenvalue weighted by molar-refractivity contribution is -0.129. The van der Waals surface area contributed by atoms with Crippen LogP contribution in [0.15, 0.2) is 45.8 Å². The molecule has 0 N–H and O–H groups in total. The van der Waals surface area contributed by atoms with Gasteiger partial charge in [0.2, 0.25) is 5.91 Å². The number of nitrogens with zero attached hydrogens (tertiary/aromatic N) is 3. The summed E-state index contributed by atoms with van der Waals surface area (Å²) < 4.78 is 5.66. The molecule has 26 heavy (non-hydrogen) atoms. The average molecular weight is 367 g/mol. The van der Waals surface area contributed by atoms with Crippen LogP contribution >= 0.6 is 11.8 Å². The summed E-state index contributed by atoms with van der Waals surface area (Å²) in [5.41, 5.74) is 0.917. The van der Waals surface area contributed by atoms with Gasteiger partial charge in [-0.25, -0.2) is 9.97 Å². The molecule has 0 spiro atoms. The van der Waals surface area contributed by atoms with E-state index in [-0.39, 0.29) is 5.91 Å². The van der Waals surface area contributed by atoms with Gasteiger partial charge in [-0.2, -0.15) is 0 Å². The minimum atomic E-state index is 0.131. The van der Waals surface area contributed by atoms with Gasteiger partial charge in [-0.1, -0.05) is 30.0 Å². The molecule has 1 saturated carbocycles. The van der Waals surface area contributed by atoms with Crippen molar-refractivity contribution in [2.45, 2.75) is 44.3 Å². The molecule has 1 amide bonds. The second kappa shape index (κ2) is 7.11. The van der Waals surface area contributed by atoms with E-state index in [9.17, 15) is 4.79 Å². The molecular weight excluding hydrogens is 346 g/mol. The second-order valence-electron chi connectivity index (χ2n) is 6.65. The Morgan fingerprint density at radius 2 is 2.00 bits per heavy atom. The highest BCUT2D eigenvalue weighted by Gasteiger charge is 2.33. The van der Waals surface area contributed by atoms with E-state index < -0.39 is 0 Å². The van der Waals surface area contributed by atoms with E-state index >= 15 is 0 Å². The maximum atomic E-state index is 12.9. The molecule has 0 aliphatic heterocycles. The van der Waals surface area contributed by atoms with Crippen molar-refractivity contribution in [3.63, 3.8) is 0 Å². The van der Waals surface area contributed by atoms with E-state index in [1.165, 1.54) is 11.8 Å². The lowest BCUT2D eigenvalue weighted by atomic mass is 10.2. The summed E-state index contributed by atoms with van der Waals surface area (Å²) in [6, 6.07) is 12.2. The average Bonchev–Trinajstić information content (AvgIpc) is 3.39. The highest BCUT2D eigenvalue weighted by Crippen LogP contribution is 2.31. The van der Waals surface area contributed by atoms with E-state index in [4.69, 9.17) is 4.42 Å². The second-order valence-corrected chi connectivity index (χ2v) is 7.61. The van der Waals surface area contributed by atoms with Crippen LogP contribution in [0.5, 0.6) is 0 Å². The van der Waals surface area contributed by atoms with E-state index in [0.29, 0.717) is 18.3 Å². The number of carbonyl (C=O) groups excluding carboxylic acids is 1. The Morgan fingerprint density at radius 3 is 2.73 bits per heavy atom. The normalized spacial score (nSPS) is 13.9. The van der Waals surface area contributed by atoms with Crippen molar-refractivity contribution in [3.8, 4) is 0 Å². The zero-order chi connectivity index (χ0) is 18.1. The van der Waals surface area contributed by atoms with Crippen LogP contribution < -0.4 is 0 Å². The van der Waals surface area contributed by atoms with Crippen molar-refractivity contribution >= 4 is 28.6 Å². The first kappa shape index (κ1) is 17.1. The molecular formula is C20H21N3O2S. The number of aromatic nitrogens is 2. The lowest BCUT2D eigenvalue weighted by Crippen LogP contribution is -2.33. The van der Waals surface area contributed by atoms with Gasteiger partial charge in [0, 0.05) is 11.4 Å². The number of rotatable bonds is 6. The van der Waals surface area contributed by atoms with Crippen LogP contribution in [-0.2, 0) is 11.3 Å². The third-order valence-electron chi connectivity index (χ3n) is 4.44. The Balaban J connectivity index is 1.49. The van der Waals surface area contributed by atoms with Crippen molar-refractivity contribution in [2.75, 3.05) is 5.75 Å². The molecule has 4 rings (SSSR count). The maximum absolute atomic E-state index is 12.9. The molecule has 2 heterocycles. The molecule has 1 aliphatic carbocycles. The highest BCUT2D eigenvalue weighted by atomic mass is 32.2. The van der Waals surface area contributed by atoms with Crippen LogP contribution in [0.1, 0.15) is 30.2 Å². The number of aryl methyl sites for hydroxylation is 2. The minimum Gasteiger partial charge on any atom is -0.464 e. The van der Waals surface area contributed by atoms with E-state index in [0.717, 1.165) is 46.1 Å². The van der Waals surface area contributed by atoms with Gasteiger partial charge in [-0.05, 0) is 44.9 Å². The lowest BCUT2D eigenvalue weighted by Gasteiger charge is -2.21. The quantitative estimate of drug-likeness (QED) is 0.484. The number of hydrogen-bond donors (Lipinski definition) is 0. The summed E-state index contributed by atoms with van der Waals surface area (Å²) in [6.45, 7) is 4.35. The van der Waals surface area contributed by atoms with Crippen LogP contribution in [0.25, 0.3) is 10.9 Å². The SMILES string of the molecule is Cc1nc(SCC(=O)N(Cc2ccc(C)o2)C2CC2)c2ccccc2n1. The molecule has 0 unspecified atom stereocenters. The smallest absolute Gasteiger partial charge is 0.233 e. The minimum absolute atomic E-state index is 0.131. The van der Waals surface area contributed by atoms with Crippen LogP contribution in [0, 0.1) is 13.8 Å². The molecule has 134 valence electrons. The summed E-state index contributed by atoms with van der Waals surface area (Å²) in [5, 5.41) is 1.86. The van der Waals surface area contributed by atoms with Gasteiger partial charge < -0.3 is 9.32 Å². The van der Waals surface area contributed by atoms with Crippen LogP contribution in [0.4, 0.5) is 0 Å². The van der Waals surface area contributed by atoms with Gasteiger partial charge in [0.1, 0.15) is 22.4 Å². The van der Waals surface area contributed by atoms with Gasteiger partial charge in [-0.3, -0.25) is 4.79 Å². The van der Waals surface area contributed by atoms with Crippen LogP contribution in [-0.4, -0.2) is 32.6 Å². The van der Waals surface area contributed by atoms with Crippen molar-refractivity contribution in [1.82, 2.24) is 14.9 Å². The summed E-state index contributed by atoms with van der Waals surface area (Å²) >= 11 is 1.49. The number of furan rings is 1. The number of amides is 1. The predicted molar refractivity (Wildman–Crippen MR) is 102 cm³/mol. The molecule has 0 radical (unpaired) electrons. The Bertz CT molecular complexity index is 949. The Morgan fingerprint density at radius 1 is 1.19 bits per heavy atom. The monoisotopic (exact) mass is 367 g/mol. The van der Waals surface area contributed by atoms with Gasteiger partial charge in [-0.15, -0.1) is 0 Å². The molecule has 3 aromatic rings. The molecule has 5 nitrogen and oxygen atoms in total. The molecule has 2 aromatic heterocycles. The summed E-state index contributed by atoms with van der Waals surface area (Å²) in [6.07, 6.45) is 2.15. The topological polar surface area (TPSA) is 59.2 Å². The van der Waals surface area contributed by atoms with Gasteiger partial charge in [0.15, 0.2) is 0 Å².